The van der Waals surface area contributed by atoms with Crippen LogP contribution in [0.5, 0.6) is 0 Å². The number of nitrogens with zero attached hydrogens (tertiary/aromatic N) is 4. The lowest BCUT2D eigenvalue weighted by molar-refractivity contribution is -0.228. The van der Waals surface area contributed by atoms with Crippen molar-refractivity contribution < 1.29 is 42.2 Å². The van der Waals surface area contributed by atoms with Gasteiger partial charge in [-0.15, -0.1) is 11.3 Å². The summed E-state index contributed by atoms with van der Waals surface area (Å²) in [6.07, 6.45) is 0.150. The van der Waals surface area contributed by atoms with Crippen molar-refractivity contribution >= 4 is 29.1 Å². The van der Waals surface area contributed by atoms with E-state index in [2.05, 4.69) is 10.3 Å². The third-order valence-electron chi connectivity index (χ3n) is 9.91. The van der Waals surface area contributed by atoms with E-state index in [1.807, 2.05) is 18.2 Å². The lowest BCUT2D eigenvalue weighted by Crippen LogP contribution is -2.56. The third-order valence-corrected chi connectivity index (χ3v) is 10.7. The first-order chi connectivity index (χ1) is 24.7. The number of fused-ring (bicyclic) bond motifs is 1. The molecule has 4 heterocycles. The molecule has 1 aromatic heterocycles. The van der Waals surface area contributed by atoms with Crippen molar-refractivity contribution in [3.63, 3.8) is 0 Å². The summed E-state index contributed by atoms with van der Waals surface area (Å²) in [6, 6.07) is 9.16. The highest BCUT2D eigenvalue weighted by atomic mass is 32.1. The Morgan fingerprint density at radius 3 is 2.62 bits per heavy atom. The molecule has 0 spiro atoms. The van der Waals surface area contributed by atoms with Crippen LogP contribution in [0.25, 0.3) is 0 Å². The topological polar surface area (TPSA) is 126 Å². The van der Waals surface area contributed by atoms with E-state index in [9.17, 15) is 19.1 Å². The van der Waals surface area contributed by atoms with Crippen LogP contribution in [0.2, 0.25) is 0 Å². The molecule has 2 fully saturated rings. The van der Waals surface area contributed by atoms with E-state index >= 15 is 8.78 Å². The van der Waals surface area contributed by atoms with E-state index in [4.69, 9.17) is 19.3 Å². The molecule has 0 radical (unpaired) electrons. The Morgan fingerprint density at radius 2 is 1.92 bits per heavy atom. The molecule has 2 saturated heterocycles. The number of carbonyl (C=O) groups excluding carboxylic acids is 2. The van der Waals surface area contributed by atoms with Crippen LogP contribution < -0.4 is 5.32 Å². The maximum Gasteiger partial charge on any atom is 0.338 e. The van der Waals surface area contributed by atoms with Crippen LogP contribution in [0.3, 0.4) is 0 Å². The Kier molecular flexibility index (Phi) is 10.9. The highest BCUT2D eigenvalue weighted by Gasteiger charge is 2.63. The largest absolute Gasteiger partial charge is 0.463 e. The second-order valence-corrected chi connectivity index (χ2v) is 14.6. The second kappa shape index (κ2) is 15.1. The summed E-state index contributed by atoms with van der Waals surface area (Å²) in [5.41, 5.74) is 0.329. The van der Waals surface area contributed by atoms with Gasteiger partial charge >= 0.3 is 11.9 Å². The summed E-state index contributed by atoms with van der Waals surface area (Å²) in [6.45, 7) is 6.82. The maximum absolute atomic E-state index is 16.1. The SMILES string of the molecule is CCOC(=O)C1=C(CN2CC(F)(F)[C@H]3[C@@H]2CON3[C@H](C)[C@H](O)C(C)(C)C(=O)OCc2ccccc2)NC(c2nccs2)=N[C@H]1c1cccc(F)c1C. The van der Waals surface area contributed by atoms with E-state index in [1.165, 1.54) is 49.1 Å². The van der Waals surface area contributed by atoms with Gasteiger partial charge in [-0.25, -0.2) is 22.9 Å². The smallest absolute Gasteiger partial charge is 0.338 e. The number of likely N-dealkylation sites (tertiary alicyclic amines) is 1. The minimum absolute atomic E-state index is 0.00553. The number of carbonyl (C=O) groups is 2. The molecule has 2 N–H and O–H groups in total. The fourth-order valence-electron chi connectivity index (χ4n) is 7.04. The number of aliphatic imine (C=N–C) groups is 1. The molecule has 3 aliphatic rings. The van der Waals surface area contributed by atoms with Gasteiger partial charge in [-0.3, -0.25) is 19.5 Å². The molecule has 6 rings (SSSR count). The number of halogens is 3. The summed E-state index contributed by atoms with van der Waals surface area (Å²) in [7, 11) is 0. The monoisotopic (exact) mass is 741 g/mol. The quantitative estimate of drug-likeness (QED) is 0.247. The standard InChI is InChI=1S/C37H42F3N5O6S/c1-6-49-34(47)28-26(42-32(33-41-15-16-52-33)43-29(28)24-13-10-14-25(38)21(24)2)17-44-20-37(39,40)30-27(44)19-51-45(30)22(3)31(46)36(4,5)35(48)50-18-23-11-8-7-9-12-23/h7-16,22,27,29-31,46H,6,17-20H2,1-5H3,(H,42,43)/t22-,27+,29+,30-,31+/m1/s1. The van der Waals surface area contributed by atoms with Crippen LogP contribution in [0, 0.1) is 18.2 Å². The molecule has 278 valence electrons. The summed E-state index contributed by atoms with van der Waals surface area (Å²) < 4.78 is 58.0. The number of esters is 2. The first-order valence-electron chi connectivity index (χ1n) is 17.1. The fourth-order valence-corrected chi connectivity index (χ4v) is 7.63. The van der Waals surface area contributed by atoms with E-state index < -0.39 is 65.9 Å². The van der Waals surface area contributed by atoms with Crippen LogP contribution >= 0.6 is 11.3 Å². The lowest BCUT2D eigenvalue weighted by atomic mass is 9.82. The van der Waals surface area contributed by atoms with Gasteiger partial charge in [-0.05, 0) is 57.4 Å². The van der Waals surface area contributed by atoms with Crippen molar-refractivity contribution in [3.8, 4) is 0 Å². The number of thiazole rings is 1. The van der Waals surface area contributed by atoms with Gasteiger partial charge in [0.2, 0.25) is 0 Å². The molecular weight excluding hydrogens is 699 g/mol. The number of hydrogen-bond acceptors (Lipinski definition) is 12. The number of aromatic nitrogens is 1. The van der Waals surface area contributed by atoms with Crippen LogP contribution in [-0.2, 0) is 30.5 Å². The summed E-state index contributed by atoms with van der Waals surface area (Å²) >= 11 is 1.29. The van der Waals surface area contributed by atoms with Gasteiger partial charge in [-0.1, -0.05) is 42.5 Å². The first-order valence-corrected chi connectivity index (χ1v) is 17.9. The van der Waals surface area contributed by atoms with Gasteiger partial charge < -0.3 is 19.9 Å². The van der Waals surface area contributed by atoms with Crippen molar-refractivity contribution in [2.45, 2.75) is 77.4 Å². The number of hydroxylamine groups is 2. The molecule has 2 aromatic carbocycles. The predicted octanol–water partition coefficient (Wildman–Crippen LogP) is 4.95. The summed E-state index contributed by atoms with van der Waals surface area (Å²) in [5, 5.41) is 18.0. The molecule has 5 atom stereocenters. The molecule has 0 saturated carbocycles. The normalized spacial score (nSPS) is 23.1. The molecule has 3 aliphatic heterocycles. The van der Waals surface area contributed by atoms with Crippen molar-refractivity contribution in [1.29, 1.82) is 0 Å². The maximum atomic E-state index is 16.1. The number of hydrogen-bond donors (Lipinski definition) is 2. The minimum Gasteiger partial charge on any atom is -0.463 e. The van der Waals surface area contributed by atoms with Crippen molar-refractivity contribution in [2.24, 2.45) is 10.4 Å². The zero-order valence-electron chi connectivity index (χ0n) is 29.5. The van der Waals surface area contributed by atoms with E-state index in [0.29, 0.717) is 16.4 Å². The summed E-state index contributed by atoms with van der Waals surface area (Å²) in [5.74, 6) is -4.91. The van der Waals surface area contributed by atoms with Crippen LogP contribution in [0.4, 0.5) is 13.2 Å². The molecule has 11 nitrogen and oxygen atoms in total. The van der Waals surface area contributed by atoms with Gasteiger partial charge in [0.05, 0.1) is 48.9 Å². The molecule has 0 amide bonds. The molecule has 0 aliphatic carbocycles. The zero-order valence-corrected chi connectivity index (χ0v) is 30.3. The van der Waals surface area contributed by atoms with E-state index in [0.717, 1.165) is 10.6 Å². The molecule has 15 heteroatoms. The number of aliphatic hydroxyl groups excluding tert-OH is 1. The minimum atomic E-state index is -3.32. The number of benzene rings is 2. The van der Waals surface area contributed by atoms with Crippen molar-refractivity contribution in [3.05, 3.63) is 98.9 Å². The average molecular weight is 742 g/mol. The fraction of sp³-hybridized carbons (Fsp3) is 0.459. The van der Waals surface area contributed by atoms with Gasteiger partial charge in [0.15, 0.2) is 10.8 Å². The lowest BCUT2D eigenvalue weighted by Gasteiger charge is -2.38. The highest BCUT2D eigenvalue weighted by Crippen LogP contribution is 2.44. The van der Waals surface area contributed by atoms with Gasteiger partial charge in [0.25, 0.3) is 5.92 Å². The van der Waals surface area contributed by atoms with Crippen molar-refractivity contribution in [2.75, 3.05) is 26.3 Å². The molecule has 0 unspecified atom stereocenters. The van der Waals surface area contributed by atoms with E-state index in [-0.39, 0.29) is 43.2 Å². The molecular formula is C37H42F3N5O6S. The molecule has 0 bridgehead atoms. The van der Waals surface area contributed by atoms with Gasteiger partial charge in [0.1, 0.15) is 24.5 Å². The molecule has 52 heavy (non-hydrogen) atoms. The molecule has 3 aromatic rings. The van der Waals surface area contributed by atoms with Gasteiger partial charge in [0, 0.05) is 23.8 Å². The Bertz CT molecular complexity index is 1840. The van der Waals surface area contributed by atoms with Crippen LogP contribution in [-0.4, -0.2) is 94.3 Å². The second-order valence-electron chi connectivity index (χ2n) is 13.7. The summed E-state index contributed by atoms with van der Waals surface area (Å²) in [4.78, 5) is 43.3. The number of alkyl halides is 2. The highest BCUT2D eigenvalue weighted by molar-refractivity contribution is 7.11. The Hall–Kier alpha value is -4.15. The first kappa shape index (κ1) is 37.6. The third kappa shape index (κ3) is 7.24. The van der Waals surface area contributed by atoms with E-state index in [1.54, 1.807) is 43.6 Å². The van der Waals surface area contributed by atoms with Crippen LogP contribution in [0.15, 0.2) is 76.4 Å². The zero-order chi connectivity index (χ0) is 37.4. The van der Waals surface area contributed by atoms with Crippen LogP contribution in [0.1, 0.15) is 55.4 Å². The Balaban J connectivity index is 1.27. The average Bonchev–Trinajstić information content (AvgIpc) is 3.87. The number of ether oxygens (including phenoxy) is 2. The predicted molar refractivity (Wildman–Crippen MR) is 187 cm³/mol. The Morgan fingerprint density at radius 1 is 1.17 bits per heavy atom. The number of rotatable bonds is 12. The number of amidine groups is 1. The van der Waals surface area contributed by atoms with Gasteiger partial charge in [-0.2, -0.15) is 5.06 Å². The number of nitrogens with one attached hydrogen (secondary N) is 1. The Labute approximate surface area is 304 Å². The van der Waals surface area contributed by atoms with Crippen molar-refractivity contribution in [1.82, 2.24) is 20.3 Å². The number of aliphatic hydroxyl groups is 1.